The van der Waals surface area contributed by atoms with Crippen molar-refractivity contribution in [1.29, 1.82) is 5.41 Å². The van der Waals surface area contributed by atoms with Crippen LogP contribution >= 0.6 is 0 Å². The van der Waals surface area contributed by atoms with Gasteiger partial charge in [0.25, 0.3) is 0 Å². The maximum Gasteiger partial charge on any atom is 0.0375 e. The number of hydrogen-bond donors (Lipinski definition) is 2. The molecule has 1 aromatic carbocycles. The van der Waals surface area contributed by atoms with Gasteiger partial charge in [-0.25, -0.2) is 0 Å². The van der Waals surface area contributed by atoms with E-state index in [2.05, 4.69) is 31.3 Å². The fourth-order valence-electron chi connectivity index (χ4n) is 1.66. The second kappa shape index (κ2) is 4.27. The molecule has 0 saturated heterocycles. The van der Waals surface area contributed by atoms with Crippen LogP contribution in [0, 0.1) is 5.41 Å². The molecule has 2 N–H and O–H groups in total. The van der Waals surface area contributed by atoms with Crippen molar-refractivity contribution in [2.24, 2.45) is 0 Å². The molecule has 1 aromatic rings. The molecule has 76 valence electrons. The first kappa shape index (κ1) is 10.8. The summed E-state index contributed by atoms with van der Waals surface area (Å²) in [6.45, 7) is 4.32. The first-order valence-electron chi connectivity index (χ1n) is 4.88. The number of para-hydroxylation sites is 1. The van der Waals surface area contributed by atoms with Gasteiger partial charge >= 0.3 is 0 Å². The minimum atomic E-state index is 0.0291. The first-order chi connectivity index (χ1) is 6.61. The van der Waals surface area contributed by atoms with E-state index < -0.39 is 0 Å². The minimum Gasteiger partial charge on any atom is -0.388 e. The molecule has 0 heterocycles. The molecule has 0 atom stereocenters. The first-order valence-corrected chi connectivity index (χ1v) is 4.88. The third kappa shape index (κ3) is 2.13. The topological polar surface area (TPSA) is 35.9 Å². The van der Waals surface area contributed by atoms with E-state index >= 15 is 0 Å². The molecule has 0 aliphatic heterocycles. The van der Waals surface area contributed by atoms with Crippen molar-refractivity contribution >= 4 is 11.9 Å². The van der Waals surface area contributed by atoms with E-state index in [-0.39, 0.29) is 5.41 Å². The SMILES string of the molecule is CNc1ccccc1C(C)(C)CC=N. The van der Waals surface area contributed by atoms with Crippen LogP contribution in [0.5, 0.6) is 0 Å². The van der Waals surface area contributed by atoms with Gasteiger partial charge < -0.3 is 10.7 Å². The Hall–Kier alpha value is -1.31. The molecule has 0 aliphatic rings. The Morgan fingerprint density at radius 2 is 2.00 bits per heavy atom. The van der Waals surface area contributed by atoms with Crippen molar-refractivity contribution in [1.82, 2.24) is 0 Å². The van der Waals surface area contributed by atoms with Crippen molar-refractivity contribution < 1.29 is 0 Å². The van der Waals surface area contributed by atoms with E-state index in [9.17, 15) is 0 Å². The van der Waals surface area contributed by atoms with Crippen LogP contribution < -0.4 is 5.32 Å². The molecular weight excluding hydrogens is 172 g/mol. The van der Waals surface area contributed by atoms with Crippen molar-refractivity contribution in [2.45, 2.75) is 25.7 Å². The lowest BCUT2D eigenvalue weighted by Gasteiger charge is -2.25. The zero-order valence-corrected chi connectivity index (χ0v) is 9.09. The Morgan fingerprint density at radius 3 is 2.57 bits per heavy atom. The van der Waals surface area contributed by atoms with Gasteiger partial charge in [-0.1, -0.05) is 32.0 Å². The van der Waals surface area contributed by atoms with Crippen molar-refractivity contribution in [3.05, 3.63) is 29.8 Å². The van der Waals surface area contributed by atoms with Gasteiger partial charge in [0.2, 0.25) is 0 Å². The molecule has 2 nitrogen and oxygen atoms in total. The summed E-state index contributed by atoms with van der Waals surface area (Å²) in [4.78, 5) is 0. The van der Waals surface area contributed by atoms with Crippen molar-refractivity contribution in [2.75, 3.05) is 12.4 Å². The summed E-state index contributed by atoms with van der Waals surface area (Å²) < 4.78 is 0. The second-order valence-corrected chi connectivity index (χ2v) is 4.09. The van der Waals surface area contributed by atoms with Gasteiger partial charge in [-0.3, -0.25) is 0 Å². The summed E-state index contributed by atoms with van der Waals surface area (Å²) in [5, 5.41) is 10.4. The molecule has 2 heteroatoms. The van der Waals surface area contributed by atoms with Crippen LogP contribution in [0.15, 0.2) is 24.3 Å². The summed E-state index contributed by atoms with van der Waals surface area (Å²) in [7, 11) is 1.93. The van der Waals surface area contributed by atoms with E-state index in [1.165, 1.54) is 11.8 Å². The second-order valence-electron chi connectivity index (χ2n) is 4.09. The van der Waals surface area contributed by atoms with Gasteiger partial charge in [0.1, 0.15) is 0 Å². The van der Waals surface area contributed by atoms with E-state index in [0.29, 0.717) is 0 Å². The molecule has 0 aliphatic carbocycles. The fourth-order valence-corrected chi connectivity index (χ4v) is 1.66. The standard InChI is InChI=1S/C12H18N2/c1-12(2,8-9-13)10-6-4-5-7-11(10)14-3/h4-7,9,13-14H,8H2,1-3H3. The zero-order valence-electron chi connectivity index (χ0n) is 9.09. The molecule has 0 aromatic heterocycles. The highest BCUT2D eigenvalue weighted by molar-refractivity contribution is 5.60. The number of nitrogens with one attached hydrogen (secondary N) is 2. The largest absolute Gasteiger partial charge is 0.388 e. The molecule has 0 radical (unpaired) electrons. The molecule has 0 saturated carbocycles. The monoisotopic (exact) mass is 190 g/mol. The van der Waals surface area contributed by atoms with Gasteiger partial charge in [-0.05, 0) is 29.7 Å². The maximum absolute atomic E-state index is 7.19. The predicted molar refractivity (Wildman–Crippen MR) is 62.4 cm³/mol. The molecule has 14 heavy (non-hydrogen) atoms. The molecule has 0 bridgehead atoms. The third-order valence-electron chi connectivity index (χ3n) is 2.54. The normalized spacial score (nSPS) is 11.1. The van der Waals surface area contributed by atoms with Gasteiger partial charge in [-0.2, -0.15) is 0 Å². The lowest BCUT2D eigenvalue weighted by atomic mass is 9.81. The van der Waals surface area contributed by atoms with Crippen LogP contribution in [-0.2, 0) is 5.41 Å². The van der Waals surface area contributed by atoms with E-state index in [0.717, 1.165) is 12.1 Å². The quantitative estimate of drug-likeness (QED) is 0.703. The maximum atomic E-state index is 7.19. The lowest BCUT2D eigenvalue weighted by Crippen LogP contribution is -2.19. The van der Waals surface area contributed by atoms with Gasteiger partial charge in [0.15, 0.2) is 0 Å². The highest BCUT2D eigenvalue weighted by Crippen LogP contribution is 2.31. The molecule has 0 spiro atoms. The zero-order chi connectivity index (χ0) is 10.6. The fraction of sp³-hybridized carbons (Fsp3) is 0.417. The average molecular weight is 190 g/mol. The van der Waals surface area contributed by atoms with Crippen LogP contribution in [0.2, 0.25) is 0 Å². The Morgan fingerprint density at radius 1 is 1.36 bits per heavy atom. The summed E-state index contributed by atoms with van der Waals surface area (Å²) in [5.74, 6) is 0. The van der Waals surface area contributed by atoms with E-state index in [1.807, 2.05) is 19.2 Å². The number of benzene rings is 1. The van der Waals surface area contributed by atoms with Crippen LogP contribution in [0.3, 0.4) is 0 Å². The van der Waals surface area contributed by atoms with Crippen molar-refractivity contribution in [3.8, 4) is 0 Å². The smallest absolute Gasteiger partial charge is 0.0375 e. The summed E-state index contributed by atoms with van der Waals surface area (Å²) in [6.07, 6.45) is 2.25. The summed E-state index contributed by atoms with van der Waals surface area (Å²) in [6, 6.07) is 8.26. The summed E-state index contributed by atoms with van der Waals surface area (Å²) >= 11 is 0. The van der Waals surface area contributed by atoms with Crippen LogP contribution in [0.25, 0.3) is 0 Å². The highest BCUT2D eigenvalue weighted by Gasteiger charge is 2.21. The third-order valence-corrected chi connectivity index (χ3v) is 2.54. The van der Waals surface area contributed by atoms with E-state index in [1.54, 1.807) is 0 Å². The molecule has 1 rings (SSSR count). The van der Waals surface area contributed by atoms with Crippen molar-refractivity contribution in [3.63, 3.8) is 0 Å². The Labute approximate surface area is 85.9 Å². The highest BCUT2D eigenvalue weighted by atomic mass is 14.8. The van der Waals surface area contributed by atoms with Crippen LogP contribution in [0.1, 0.15) is 25.8 Å². The van der Waals surface area contributed by atoms with Gasteiger partial charge in [-0.15, -0.1) is 0 Å². The van der Waals surface area contributed by atoms with Crippen LogP contribution in [0.4, 0.5) is 5.69 Å². The number of hydrogen-bond acceptors (Lipinski definition) is 2. The number of anilines is 1. The Kier molecular flexibility index (Phi) is 3.28. The average Bonchev–Trinajstić information content (AvgIpc) is 2.18. The Bertz CT molecular complexity index is 316. The van der Waals surface area contributed by atoms with Gasteiger partial charge in [0.05, 0.1) is 0 Å². The van der Waals surface area contributed by atoms with E-state index in [4.69, 9.17) is 5.41 Å². The summed E-state index contributed by atoms with van der Waals surface area (Å²) in [5.41, 5.74) is 2.45. The molecule has 0 fully saturated rings. The predicted octanol–water partition coefficient (Wildman–Crippen LogP) is 3.05. The molecule has 0 amide bonds. The minimum absolute atomic E-state index is 0.0291. The molecule has 0 unspecified atom stereocenters. The Balaban J connectivity index is 3.09. The van der Waals surface area contributed by atoms with Crippen LogP contribution in [-0.4, -0.2) is 13.3 Å². The lowest BCUT2D eigenvalue weighted by molar-refractivity contribution is 0.555. The number of rotatable bonds is 4. The molecular formula is C12H18N2. The van der Waals surface area contributed by atoms with Gasteiger partial charge in [0, 0.05) is 12.7 Å².